The Bertz CT molecular complexity index is 908. The Hall–Kier alpha value is -2.60. The summed E-state index contributed by atoms with van der Waals surface area (Å²) in [4.78, 5) is 26.0. The van der Waals surface area contributed by atoms with E-state index in [0.29, 0.717) is 12.3 Å². The first-order chi connectivity index (χ1) is 13.0. The number of halogens is 1. The summed E-state index contributed by atoms with van der Waals surface area (Å²) in [7, 11) is 1.60. The van der Waals surface area contributed by atoms with E-state index in [1.807, 2.05) is 36.4 Å². The average Bonchev–Trinajstić information content (AvgIpc) is 2.65. The number of anilines is 2. The predicted octanol–water partition coefficient (Wildman–Crippen LogP) is 4.41. The van der Waals surface area contributed by atoms with Gasteiger partial charge in [0.15, 0.2) is 0 Å². The van der Waals surface area contributed by atoms with Crippen LogP contribution in [0.5, 0.6) is 5.75 Å². The Morgan fingerprint density at radius 3 is 2.81 bits per heavy atom. The maximum Gasteiger partial charge on any atom is 0.251 e. The number of methoxy groups -OCH3 is 1. The van der Waals surface area contributed by atoms with E-state index in [9.17, 15) is 9.59 Å². The van der Waals surface area contributed by atoms with Gasteiger partial charge in [-0.1, -0.05) is 22.0 Å². The minimum Gasteiger partial charge on any atom is -0.496 e. The van der Waals surface area contributed by atoms with Crippen molar-refractivity contribution in [2.24, 2.45) is 0 Å². The molecule has 1 N–H and O–H groups in total. The molecule has 0 aromatic heterocycles. The number of hydrogen-bond donors (Lipinski definition) is 1. The first kappa shape index (κ1) is 19.2. The smallest absolute Gasteiger partial charge is 0.251 e. The Morgan fingerprint density at radius 2 is 2.07 bits per heavy atom. The molecule has 3 rings (SSSR count). The van der Waals surface area contributed by atoms with Gasteiger partial charge < -0.3 is 15.0 Å². The SMILES string of the molecule is COc1ccc(Br)cc1C=CC(=O)N1CCCc2c(NC(C)=O)cccc21. The van der Waals surface area contributed by atoms with Gasteiger partial charge >= 0.3 is 0 Å². The van der Waals surface area contributed by atoms with Crippen molar-refractivity contribution < 1.29 is 14.3 Å². The van der Waals surface area contributed by atoms with Gasteiger partial charge in [0.1, 0.15) is 5.75 Å². The van der Waals surface area contributed by atoms with Crippen molar-refractivity contribution in [3.63, 3.8) is 0 Å². The van der Waals surface area contributed by atoms with E-state index in [0.717, 1.165) is 39.8 Å². The first-order valence-electron chi connectivity index (χ1n) is 8.72. The van der Waals surface area contributed by atoms with E-state index in [2.05, 4.69) is 21.2 Å². The standard InChI is InChI=1S/C21H21BrN2O3/c1-14(25)23-18-6-3-7-19-17(18)5-4-12-24(19)21(26)11-8-15-13-16(22)9-10-20(15)27-2/h3,6-11,13H,4-5,12H2,1-2H3,(H,23,25). The molecule has 140 valence electrons. The van der Waals surface area contributed by atoms with Crippen LogP contribution in [0.2, 0.25) is 0 Å². The highest BCUT2D eigenvalue weighted by Crippen LogP contribution is 2.33. The Kier molecular flexibility index (Phi) is 5.96. The maximum absolute atomic E-state index is 12.9. The number of carbonyl (C=O) groups excluding carboxylic acids is 2. The molecule has 0 fully saturated rings. The average molecular weight is 429 g/mol. The van der Waals surface area contributed by atoms with Crippen LogP contribution in [0, 0.1) is 0 Å². The van der Waals surface area contributed by atoms with Gasteiger partial charge in [0, 0.05) is 41.0 Å². The normalized spacial score (nSPS) is 13.4. The lowest BCUT2D eigenvalue weighted by atomic mass is 9.99. The molecule has 0 bridgehead atoms. The number of rotatable bonds is 4. The molecule has 2 amide bonds. The van der Waals surface area contributed by atoms with Crippen LogP contribution < -0.4 is 15.0 Å². The van der Waals surface area contributed by atoms with Crippen LogP contribution in [0.4, 0.5) is 11.4 Å². The number of nitrogens with zero attached hydrogens (tertiary/aromatic N) is 1. The molecule has 0 atom stereocenters. The van der Waals surface area contributed by atoms with Crippen molar-refractivity contribution >= 4 is 45.2 Å². The van der Waals surface area contributed by atoms with E-state index < -0.39 is 0 Å². The topological polar surface area (TPSA) is 58.6 Å². The zero-order valence-electron chi connectivity index (χ0n) is 15.3. The molecule has 0 unspecified atom stereocenters. The van der Waals surface area contributed by atoms with E-state index in [-0.39, 0.29) is 11.8 Å². The van der Waals surface area contributed by atoms with E-state index >= 15 is 0 Å². The molecule has 0 aliphatic carbocycles. The molecule has 5 nitrogen and oxygen atoms in total. The van der Waals surface area contributed by atoms with Gasteiger partial charge in [0.25, 0.3) is 5.91 Å². The van der Waals surface area contributed by atoms with Crippen molar-refractivity contribution in [3.05, 3.63) is 58.1 Å². The highest BCUT2D eigenvalue weighted by Gasteiger charge is 2.23. The molecule has 0 saturated carbocycles. The van der Waals surface area contributed by atoms with E-state index in [1.54, 1.807) is 24.2 Å². The van der Waals surface area contributed by atoms with Crippen LogP contribution in [-0.2, 0) is 16.0 Å². The third kappa shape index (κ3) is 4.39. The zero-order chi connectivity index (χ0) is 19.4. The molecule has 0 spiro atoms. The van der Waals surface area contributed by atoms with Crippen LogP contribution in [0.25, 0.3) is 6.08 Å². The monoisotopic (exact) mass is 428 g/mol. The Labute approximate surface area is 167 Å². The van der Waals surface area contributed by atoms with Crippen LogP contribution >= 0.6 is 15.9 Å². The van der Waals surface area contributed by atoms with Crippen LogP contribution in [0.1, 0.15) is 24.5 Å². The second-order valence-electron chi connectivity index (χ2n) is 6.30. The Balaban J connectivity index is 1.87. The molecule has 27 heavy (non-hydrogen) atoms. The summed E-state index contributed by atoms with van der Waals surface area (Å²) in [5.41, 5.74) is 3.45. The maximum atomic E-state index is 12.9. The van der Waals surface area contributed by atoms with Crippen molar-refractivity contribution in [1.82, 2.24) is 0 Å². The number of hydrogen-bond acceptors (Lipinski definition) is 3. The lowest BCUT2D eigenvalue weighted by molar-refractivity contribution is -0.114. The summed E-state index contributed by atoms with van der Waals surface area (Å²) in [6.07, 6.45) is 5.00. The fourth-order valence-corrected chi connectivity index (χ4v) is 3.63. The number of fused-ring (bicyclic) bond motifs is 1. The van der Waals surface area contributed by atoms with Crippen LogP contribution in [-0.4, -0.2) is 25.5 Å². The minimum atomic E-state index is -0.117. The second-order valence-corrected chi connectivity index (χ2v) is 7.21. The van der Waals surface area contributed by atoms with Gasteiger partial charge in [0.05, 0.1) is 7.11 Å². The summed E-state index contributed by atoms with van der Waals surface area (Å²) in [5, 5.41) is 2.85. The van der Waals surface area contributed by atoms with Crippen molar-refractivity contribution in [2.45, 2.75) is 19.8 Å². The third-order valence-electron chi connectivity index (χ3n) is 4.42. The Morgan fingerprint density at radius 1 is 1.26 bits per heavy atom. The predicted molar refractivity (Wildman–Crippen MR) is 111 cm³/mol. The van der Waals surface area contributed by atoms with E-state index in [4.69, 9.17) is 4.74 Å². The minimum absolute atomic E-state index is 0.0991. The quantitative estimate of drug-likeness (QED) is 0.733. The molecule has 1 heterocycles. The van der Waals surface area contributed by atoms with Gasteiger partial charge in [-0.25, -0.2) is 0 Å². The lowest BCUT2D eigenvalue weighted by Gasteiger charge is -2.30. The molecule has 2 aromatic rings. The summed E-state index contributed by atoms with van der Waals surface area (Å²) < 4.78 is 6.27. The molecule has 0 radical (unpaired) electrons. The van der Waals surface area contributed by atoms with Crippen molar-refractivity contribution in [1.29, 1.82) is 0 Å². The molecule has 2 aromatic carbocycles. The number of amides is 2. The molecule has 0 saturated heterocycles. The highest BCUT2D eigenvalue weighted by molar-refractivity contribution is 9.10. The molecule has 1 aliphatic heterocycles. The summed E-state index contributed by atoms with van der Waals surface area (Å²) in [5.74, 6) is 0.487. The number of ether oxygens (including phenoxy) is 1. The van der Waals surface area contributed by atoms with Crippen LogP contribution in [0.15, 0.2) is 46.9 Å². The summed E-state index contributed by atoms with van der Waals surface area (Å²) in [6.45, 7) is 2.13. The van der Waals surface area contributed by atoms with Gasteiger partial charge in [-0.3, -0.25) is 9.59 Å². The summed E-state index contributed by atoms with van der Waals surface area (Å²) >= 11 is 3.44. The zero-order valence-corrected chi connectivity index (χ0v) is 16.9. The second kappa shape index (κ2) is 8.39. The number of benzene rings is 2. The van der Waals surface area contributed by atoms with E-state index in [1.165, 1.54) is 6.92 Å². The fraction of sp³-hybridized carbons (Fsp3) is 0.238. The number of nitrogens with one attached hydrogen (secondary N) is 1. The third-order valence-corrected chi connectivity index (χ3v) is 4.92. The lowest BCUT2D eigenvalue weighted by Crippen LogP contribution is -2.34. The van der Waals surface area contributed by atoms with Gasteiger partial charge in [-0.2, -0.15) is 0 Å². The van der Waals surface area contributed by atoms with Crippen molar-refractivity contribution in [3.8, 4) is 5.75 Å². The van der Waals surface area contributed by atoms with Gasteiger partial charge in [-0.05, 0) is 54.8 Å². The largest absolute Gasteiger partial charge is 0.496 e. The molecule has 6 heteroatoms. The van der Waals surface area contributed by atoms with Crippen LogP contribution in [0.3, 0.4) is 0 Å². The highest BCUT2D eigenvalue weighted by atomic mass is 79.9. The number of carbonyl (C=O) groups is 2. The van der Waals surface area contributed by atoms with Crippen molar-refractivity contribution in [2.75, 3.05) is 23.9 Å². The molecular weight excluding hydrogens is 408 g/mol. The molecule has 1 aliphatic rings. The fourth-order valence-electron chi connectivity index (χ4n) is 3.25. The molecular formula is C21H21BrN2O3. The summed E-state index contributed by atoms with van der Waals surface area (Å²) in [6, 6.07) is 11.3. The first-order valence-corrected chi connectivity index (χ1v) is 9.51. The van der Waals surface area contributed by atoms with Gasteiger partial charge in [-0.15, -0.1) is 0 Å². The van der Waals surface area contributed by atoms with Gasteiger partial charge in [0.2, 0.25) is 5.91 Å².